The van der Waals surface area contributed by atoms with Crippen LogP contribution in [0, 0.1) is 6.92 Å². The van der Waals surface area contributed by atoms with Gasteiger partial charge in [-0.25, -0.2) is 0 Å². The number of carbonyl (C=O) groups excluding carboxylic acids is 1. The Morgan fingerprint density at radius 2 is 1.25 bits per heavy atom. The van der Waals surface area contributed by atoms with E-state index in [0.29, 0.717) is 0 Å². The summed E-state index contributed by atoms with van der Waals surface area (Å²) in [6, 6.07) is 26.3. The van der Waals surface area contributed by atoms with Crippen LogP contribution < -0.4 is 10.4 Å². The van der Waals surface area contributed by atoms with Crippen molar-refractivity contribution in [2.75, 3.05) is 0 Å². The molecule has 0 fully saturated rings. The van der Waals surface area contributed by atoms with E-state index in [1.54, 1.807) is 0 Å². The van der Waals surface area contributed by atoms with E-state index >= 15 is 0 Å². The van der Waals surface area contributed by atoms with Gasteiger partial charge in [-0.2, -0.15) is 0 Å². The zero-order chi connectivity index (χ0) is 17.2. The van der Waals surface area contributed by atoms with Crippen molar-refractivity contribution < 1.29 is 4.79 Å². The van der Waals surface area contributed by atoms with Crippen LogP contribution in [0.3, 0.4) is 0 Å². The van der Waals surface area contributed by atoms with Gasteiger partial charge in [0.1, 0.15) is 8.07 Å². The van der Waals surface area contributed by atoms with Gasteiger partial charge in [-0.15, -0.1) is 0 Å². The van der Waals surface area contributed by atoms with Crippen molar-refractivity contribution in [1.29, 1.82) is 0 Å². The fraction of sp³-hybridized carbons (Fsp3) is 0.136. The average molecular weight is 331 g/mol. The van der Waals surface area contributed by atoms with E-state index in [4.69, 9.17) is 0 Å². The van der Waals surface area contributed by atoms with E-state index in [1.807, 2.05) is 42.5 Å². The minimum absolute atomic E-state index is 0.0810. The first-order valence-corrected chi connectivity index (χ1v) is 11.3. The average Bonchev–Trinajstić information content (AvgIpc) is 2.62. The molecule has 0 unspecified atom stereocenters. The third-order valence-electron chi connectivity index (χ3n) is 4.72. The van der Waals surface area contributed by atoms with Crippen LogP contribution in [0.1, 0.15) is 21.5 Å². The summed E-state index contributed by atoms with van der Waals surface area (Å²) in [4.78, 5) is 12.5. The molecule has 0 atom stereocenters. The van der Waals surface area contributed by atoms with Crippen LogP contribution in [-0.4, -0.2) is 13.9 Å². The zero-order valence-corrected chi connectivity index (χ0v) is 15.4. The number of hydrogen-bond donors (Lipinski definition) is 0. The molecule has 0 bridgehead atoms. The molecule has 2 heteroatoms. The van der Waals surface area contributed by atoms with Crippen molar-refractivity contribution in [2.45, 2.75) is 20.0 Å². The summed E-state index contributed by atoms with van der Waals surface area (Å²) in [6.07, 6.45) is 0. The fourth-order valence-electron chi connectivity index (χ4n) is 3.22. The third kappa shape index (κ3) is 3.10. The SMILES string of the molecule is Cc1ccccc1[Si](C)(C)c1ccc(C(=O)c2ccccc2)cc1. The molecule has 0 saturated heterocycles. The number of hydrogen-bond acceptors (Lipinski definition) is 1. The second-order valence-corrected chi connectivity index (χ2v) is 11.1. The Kier molecular flexibility index (Phi) is 4.50. The number of aryl methyl sites for hydroxylation is 1. The van der Waals surface area contributed by atoms with E-state index in [0.717, 1.165) is 11.1 Å². The Labute approximate surface area is 145 Å². The maximum absolute atomic E-state index is 12.5. The van der Waals surface area contributed by atoms with Crippen LogP contribution in [0.25, 0.3) is 0 Å². The molecule has 120 valence electrons. The van der Waals surface area contributed by atoms with Crippen molar-refractivity contribution in [3.8, 4) is 0 Å². The van der Waals surface area contributed by atoms with Crippen LogP contribution in [0.15, 0.2) is 78.9 Å². The molecule has 0 heterocycles. The maximum atomic E-state index is 12.5. The Morgan fingerprint density at radius 3 is 1.88 bits per heavy atom. The van der Waals surface area contributed by atoms with Crippen molar-refractivity contribution in [3.05, 3.63) is 95.6 Å². The van der Waals surface area contributed by atoms with Gasteiger partial charge in [-0.1, -0.05) is 108 Å². The molecule has 0 aliphatic heterocycles. The molecule has 0 saturated carbocycles. The van der Waals surface area contributed by atoms with Gasteiger partial charge >= 0.3 is 0 Å². The van der Waals surface area contributed by atoms with Gasteiger partial charge in [0.25, 0.3) is 0 Å². The van der Waals surface area contributed by atoms with Gasteiger partial charge in [0, 0.05) is 11.1 Å². The zero-order valence-electron chi connectivity index (χ0n) is 14.4. The second kappa shape index (κ2) is 6.58. The molecule has 0 N–H and O–H groups in total. The lowest BCUT2D eigenvalue weighted by Crippen LogP contribution is -2.53. The van der Waals surface area contributed by atoms with Gasteiger partial charge in [-0.05, 0) is 6.92 Å². The maximum Gasteiger partial charge on any atom is 0.193 e. The Balaban J connectivity index is 1.92. The summed E-state index contributed by atoms with van der Waals surface area (Å²) >= 11 is 0. The minimum Gasteiger partial charge on any atom is -0.289 e. The van der Waals surface area contributed by atoms with Crippen molar-refractivity contribution in [1.82, 2.24) is 0 Å². The summed E-state index contributed by atoms with van der Waals surface area (Å²) < 4.78 is 0. The molecule has 3 aromatic carbocycles. The van der Waals surface area contributed by atoms with Gasteiger partial charge in [0.15, 0.2) is 5.78 Å². The smallest absolute Gasteiger partial charge is 0.193 e. The minimum atomic E-state index is -1.75. The lowest BCUT2D eigenvalue weighted by atomic mass is 10.0. The molecule has 0 radical (unpaired) electrons. The van der Waals surface area contributed by atoms with Crippen LogP contribution in [0.4, 0.5) is 0 Å². The van der Waals surface area contributed by atoms with Gasteiger partial charge in [0.2, 0.25) is 0 Å². The third-order valence-corrected chi connectivity index (χ3v) is 8.41. The largest absolute Gasteiger partial charge is 0.289 e. The normalized spacial score (nSPS) is 11.3. The van der Waals surface area contributed by atoms with E-state index in [9.17, 15) is 4.79 Å². The predicted octanol–water partition coefficient (Wildman–Crippen LogP) is 4.05. The molecule has 0 spiro atoms. The van der Waals surface area contributed by atoms with E-state index in [1.165, 1.54) is 15.9 Å². The Bertz CT molecular complexity index is 849. The monoisotopic (exact) mass is 330 g/mol. The number of rotatable bonds is 4. The molecule has 24 heavy (non-hydrogen) atoms. The lowest BCUT2D eigenvalue weighted by molar-refractivity contribution is 0.103. The summed E-state index contributed by atoms with van der Waals surface area (Å²) in [6.45, 7) is 6.91. The second-order valence-electron chi connectivity index (χ2n) is 6.71. The molecule has 0 aliphatic rings. The number of carbonyl (C=O) groups is 1. The molecule has 0 aromatic heterocycles. The fourth-order valence-corrected chi connectivity index (χ4v) is 6.12. The van der Waals surface area contributed by atoms with Crippen LogP contribution in [0.2, 0.25) is 13.1 Å². The quantitative estimate of drug-likeness (QED) is 0.521. The molecule has 0 aliphatic carbocycles. The highest BCUT2D eigenvalue weighted by Crippen LogP contribution is 2.12. The predicted molar refractivity (Wildman–Crippen MR) is 104 cm³/mol. The molecule has 0 amide bonds. The number of benzene rings is 3. The molecular weight excluding hydrogens is 308 g/mol. The molecule has 1 nitrogen and oxygen atoms in total. The molecular formula is C22H22OSi. The van der Waals surface area contributed by atoms with E-state index in [-0.39, 0.29) is 5.78 Å². The van der Waals surface area contributed by atoms with Crippen LogP contribution in [0.5, 0.6) is 0 Å². The first-order valence-electron chi connectivity index (χ1n) is 8.26. The van der Waals surface area contributed by atoms with E-state index < -0.39 is 8.07 Å². The van der Waals surface area contributed by atoms with Gasteiger partial charge in [0.05, 0.1) is 0 Å². The van der Waals surface area contributed by atoms with Crippen LogP contribution in [-0.2, 0) is 0 Å². The summed E-state index contributed by atoms with van der Waals surface area (Å²) in [7, 11) is -1.75. The van der Waals surface area contributed by atoms with Gasteiger partial charge < -0.3 is 0 Å². The topological polar surface area (TPSA) is 17.1 Å². The van der Waals surface area contributed by atoms with Crippen molar-refractivity contribution >= 4 is 24.2 Å². The Morgan fingerprint density at radius 1 is 0.708 bits per heavy atom. The summed E-state index contributed by atoms with van der Waals surface area (Å²) in [5.41, 5.74) is 2.83. The highest BCUT2D eigenvalue weighted by molar-refractivity contribution is 7.00. The highest BCUT2D eigenvalue weighted by Gasteiger charge is 2.27. The first kappa shape index (κ1) is 16.4. The Hall–Kier alpha value is -2.45. The highest BCUT2D eigenvalue weighted by atomic mass is 28.3. The van der Waals surface area contributed by atoms with Crippen molar-refractivity contribution in [2.24, 2.45) is 0 Å². The van der Waals surface area contributed by atoms with E-state index in [2.05, 4.69) is 56.4 Å². The van der Waals surface area contributed by atoms with Crippen molar-refractivity contribution in [3.63, 3.8) is 0 Å². The summed E-state index contributed by atoms with van der Waals surface area (Å²) in [5.74, 6) is 0.0810. The lowest BCUT2D eigenvalue weighted by Gasteiger charge is -2.25. The standard InChI is InChI=1S/C22H22OSi/c1-17-9-7-8-12-21(17)24(2,3)20-15-13-19(14-16-20)22(23)18-10-5-4-6-11-18/h4-16H,1-3H3. The first-order chi connectivity index (χ1) is 11.5. The number of ketones is 1. The van der Waals surface area contributed by atoms with Gasteiger partial charge in [-0.3, -0.25) is 4.79 Å². The summed E-state index contributed by atoms with van der Waals surface area (Å²) in [5, 5.41) is 2.80. The van der Waals surface area contributed by atoms with Crippen LogP contribution >= 0.6 is 0 Å². The molecule has 3 aromatic rings. The molecule has 3 rings (SSSR count).